The van der Waals surface area contributed by atoms with Crippen LogP contribution >= 0.6 is 39.1 Å². The minimum Gasteiger partial charge on any atom is -0.453 e. The van der Waals surface area contributed by atoms with Gasteiger partial charge in [0.1, 0.15) is 5.75 Å². The van der Waals surface area contributed by atoms with Crippen molar-refractivity contribution in [3.05, 3.63) is 62.7 Å². The zero-order chi connectivity index (χ0) is 15.7. The summed E-state index contributed by atoms with van der Waals surface area (Å²) in [7, 11) is 0. The van der Waals surface area contributed by atoms with Gasteiger partial charge in [-0.3, -0.25) is 0 Å². The molecule has 0 saturated carbocycles. The summed E-state index contributed by atoms with van der Waals surface area (Å²) in [6, 6.07) is 14.2. The van der Waals surface area contributed by atoms with Gasteiger partial charge in [-0.25, -0.2) is 4.98 Å². The van der Waals surface area contributed by atoms with Crippen molar-refractivity contribution in [3.63, 3.8) is 0 Å². The summed E-state index contributed by atoms with van der Waals surface area (Å²) in [4.78, 5) is 4.29. The molecule has 0 aliphatic rings. The third-order valence-corrected chi connectivity index (χ3v) is 4.13. The molecule has 0 amide bonds. The third-order valence-electron chi connectivity index (χ3n) is 3.00. The van der Waals surface area contributed by atoms with Gasteiger partial charge in [0.05, 0.1) is 22.2 Å². The maximum Gasteiger partial charge on any atom is 0.183 e. The molecule has 0 aliphatic heterocycles. The van der Waals surface area contributed by atoms with Gasteiger partial charge in [-0.15, -0.1) is 0 Å². The van der Waals surface area contributed by atoms with E-state index >= 15 is 0 Å². The van der Waals surface area contributed by atoms with Crippen LogP contribution in [0, 0.1) is 11.3 Å². The fourth-order valence-corrected chi connectivity index (χ4v) is 2.87. The van der Waals surface area contributed by atoms with Gasteiger partial charge in [-0.05, 0) is 42.5 Å². The molecule has 2 aromatic carbocycles. The van der Waals surface area contributed by atoms with Crippen LogP contribution in [0.3, 0.4) is 0 Å². The van der Waals surface area contributed by atoms with Gasteiger partial charge in [-0.1, -0.05) is 39.1 Å². The Morgan fingerprint density at radius 3 is 2.50 bits per heavy atom. The predicted molar refractivity (Wildman–Crippen MR) is 90.7 cm³/mol. The summed E-state index contributed by atoms with van der Waals surface area (Å²) in [6.07, 6.45) is 0. The van der Waals surface area contributed by atoms with E-state index in [-0.39, 0.29) is 5.15 Å². The Morgan fingerprint density at radius 1 is 1.09 bits per heavy atom. The fraction of sp³-hybridized carbons (Fsp3) is 0. The van der Waals surface area contributed by atoms with E-state index in [0.29, 0.717) is 27.6 Å². The van der Waals surface area contributed by atoms with Crippen LogP contribution in [-0.2, 0) is 0 Å². The summed E-state index contributed by atoms with van der Waals surface area (Å²) >= 11 is 16.0. The highest BCUT2D eigenvalue weighted by Crippen LogP contribution is 2.40. The van der Waals surface area contributed by atoms with Crippen molar-refractivity contribution < 1.29 is 4.74 Å². The number of aromatic nitrogens is 1. The van der Waals surface area contributed by atoms with Crippen LogP contribution in [0.4, 0.5) is 0 Å². The average molecular weight is 394 g/mol. The molecule has 6 heteroatoms. The first-order chi connectivity index (χ1) is 10.6. The van der Waals surface area contributed by atoms with Crippen molar-refractivity contribution in [2.45, 2.75) is 0 Å². The van der Waals surface area contributed by atoms with Crippen LogP contribution in [0.1, 0.15) is 5.56 Å². The Labute approximate surface area is 145 Å². The molecule has 1 aromatic heterocycles. The number of nitrogens with zero attached hydrogens (tertiary/aromatic N) is 2. The Morgan fingerprint density at radius 2 is 1.82 bits per heavy atom. The van der Waals surface area contributed by atoms with Crippen LogP contribution in [0.2, 0.25) is 10.2 Å². The van der Waals surface area contributed by atoms with Crippen molar-refractivity contribution in [2.75, 3.05) is 0 Å². The number of rotatable bonds is 2. The zero-order valence-electron chi connectivity index (χ0n) is 11.0. The van der Waals surface area contributed by atoms with E-state index < -0.39 is 0 Å². The van der Waals surface area contributed by atoms with Crippen LogP contribution in [-0.4, -0.2) is 4.98 Å². The smallest absolute Gasteiger partial charge is 0.183 e. The summed E-state index contributed by atoms with van der Waals surface area (Å²) in [5.41, 5.74) is 1.23. The summed E-state index contributed by atoms with van der Waals surface area (Å²) < 4.78 is 6.62. The fourth-order valence-electron chi connectivity index (χ4n) is 1.95. The molecule has 0 bridgehead atoms. The number of nitriles is 1. The topological polar surface area (TPSA) is 45.9 Å². The van der Waals surface area contributed by atoms with Crippen LogP contribution in [0.15, 0.2) is 46.9 Å². The van der Waals surface area contributed by atoms with Crippen molar-refractivity contribution in [2.24, 2.45) is 0 Å². The number of hydrogen-bond acceptors (Lipinski definition) is 3. The molecule has 0 aliphatic carbocycles. The highest BCUT2D eigenvalue weighted by Gasteiger charge is 2.15. The van der Waals surface area contributed by atoms with Crippen LogP contribution < -0.4 is 4.74 Å². The first-order valence-electron chi connectivity index (χ1n) is 6.21. The van der Waals surface area contributed by atoms with Crippen molar-refractivity contribution in [3.8, 4) is 17.6 Å². The number of pyridine rings is 1. The lowest BCUT2D eigenvalue weighted by molar-refractivity contribution is 0.482. The molecule has 0 unspecified atom stereocenters. The molecule has 0 saturated heterocycles. The SMILES string of the molecule is N#Cc1ccc(Oc2c(Cl)nc3ccc(Br)cc3c2Cl)cc1. The second-order valence-electron chi connectivity index (χ2n) is 4.45. The van der Waals surface area contributed by atoms with E-state index in [2.05, 4.69) is 20.9 Å². The molecule has 3 nitrogen and oxygen atoms in total. The van der Waals surface area contributed by atoms with E-state index in [1.807, 2.05) is 24.3 Å². The molecule has 0 fully saturated rings. The maximum atomic E-state index is 8.80. The summed E-state index contributed by atoms with van der Waals surface area (Å²) in [5.74, 6) is 0.817. The van der Waals surface area contributed by atoms with E-state index in [1.54, 1.807) is 24.3 Å². The van der Waals surface area contributed by atoms with Crippen molar-refractivity contribution >= 4 is 50.0 Å². The molecule has 0 N–H and O–H groups in total. The molecule has 1 heterocycles. The van der Waals surface area contributed by atoms with E-state index in [4.69, 9.17) is 33.2 Å². The minimum atomic E-state index is 0.184. The Balaban J connectivity index is 2.07. The van der Waals surface area contributed by atoms with Gasteiger partial charge in [0.25, 0.3) is 0 Å². The number of benzene rings is 2. The minimum absolute atomic E-state index is 0.184. The number of halogens is 3. The van der Waals surface area contributed by atoms with E-state index in [1.165, 1.54) is 0 Å². The second kappa shape index (κ2) is 6.13. The van der Waals surface area contributed by atoms with Crippen molar-refractivity contribution in [1.29, 1.82) is 5.26 Å². The molecule has 108 valence electrons. The first-order valence-corrected chi connectivity index (χ1v) is 7.75. The summed E-state index contributed by atoms with van der Waals surface area (Å²) in [5, 5.41) is 10.1. The van der Waals surface area contributed by atoms with Crippen molar-refractivity contribution in [1.82, 2.24) is 4.98 Å². The lowest BCUT2D eigenvalue weighted by Gasteiger charge is -2.11. The molecular weight excluding hydrogens is 387 g/mol. The Hall–Kier alpha value is -1.80. The number of fused-ring (bicyclic) bond motifs is 1. The zero-order valence-corrected chi connectivity index (χ0v) is 14.1. The molecule has 22 heavy (non-hydrogen) atoms. The van der Waals surface area contributed by atoms with E-state index in [9.17, 15) is 0 Å². The van der Waals surface area contributed by atoms with Crippen LogP contribution in [0.5, 0.6) is 11.5 Å². The van der Waals surface area contributed by atoms with Gasteiger partial charge in [-0.2, -0.15) is 5.26 Å². The highest BCUT2D eigenvalue weighted by molar-refractivity contribution is 9.10. The third kappa shape index (κ3) is 2.89. The lowest BCUT2D eigenvalue weighted by Crippen LogP contribution is -1.91. The largest absolute Gasteiger partial charge is 0.453 e. The Bertz CT molecular complexity index is 905. The molecule has 0 spiro atoms. The Kier molecular flexibility index (Phi) is 4.21. The average Bonchev–Trinajstić information content (AvgIpc) is 2.53. The van der Waals surface area contributed by atoms with Gasteiger partial charge in [0.15, 0.2) is 10.9 Å². The molecule has 3 rings (SSSR count). The second-order valence-corrected chi connectivity index (χ2v) is 6.10. The molecular formula is C16H7BrCl2N2O. The molecule has 0 atom stereocenters. The molecule has 3 aromatic rings. The lowest BCUT2D eigenvalue weighted by atomic mass is 10.2. The molecule has 0 radical (unpaired) electrons. The quantitative estimate of drug-likeness (QED) is 0.504. The summed E-state index contributed by atoms with van der Waals surface area (Å²) in [6.45, 7) is 0. The van der Waals surface area contributed by atoms with Gasteiger partial charge >= 0.3 is 0 Å². The predicted octanol–water partition coefficient (Wildman–Crippen LogP) is 5.97. The standard InChI is InChI=1S/C16H7BrCl2N2O/c17-10-3-6-13-12(7-10)14(18)15(16(19)21-13)22-11-4-1-9(8-20)2-5-11/h1-7H. The monoisotopic (exact) mass is 392 g/mol. The van der Waals surface area contributed by atoms with Gasteiger partial charge in [0.2, 0.25) is 0 Å². The van der Waals surface area contributed by atoms with Crippen LogP contribution in [0.25, 0.3) is 10.9 Å². The van der Waals surface area contributed by atoms with E-state index in [0.717, 1.165) is 9.86 Å². The van der Waals surface area contributed by atoms with Gasteiger partial charge < -0.3 is 4.74 Å². The maximum absolute atomic E-state index is 8.80. The number of hydrogen-bond donors (Lipinski definition) is 0. The number of ether oxygens (including phenoxy) is 1. The first kappa shape index (κ1) is 15.1. The normalized spacial score (nSPS) is 10.5. The highest BCUT2D eigenvalue weighted by atomic mass is 79.9. The van der Waals surface area contributed by atoms with Gasteiger partial charge in [0, 0.05) is 9.86 Å².